The number of pyridine rings is 1. The molecule has 3 fully saturated rings. The van der Waals surface area contributed by atoms with E-state index in [4.69, 9.17) is 4.98 Å². The number of nitrogens with zero attached hydrogens (tertiary/aromatic N) is 3. The first-order valence-electron chi connectivity index (χ1n) is 33.2. The van der Waals surface area contributed by atoms with Crippen LogP contribution in [0.25, 0.3) is 0 Å². The van der Waals surface area contributed by atoms with Gasteiger partial charge in [0, 0.05) is 25.7 Å². The van der Waals surface area contributed by atoms with Gasteiger partial charge in [-0.1, -0.05) is 289 Å². The monoisotopic (exact) mass is 1030 g/mol. The van der Waals surface area contributed by atoms with E-state index in [1.807, 2.05) is 12.1 Å². The molecule has 4 rings (SSSR count). The summed E-state index contributed by atoms with van der Waals surface area (Å²) in [7, 11) is 0. The van der Waals surface area contributed by atoms with Crippen molar-refractivity contribution in [2.24, 2.45) is 5.41 Å². The molecule has 2 aliphatic heterocycles. The maximum Gasteiger partial charge on any atom is 0.409 e. The van der Waals surface area contributed by atoms with E-state index >= 15 is 0 Å². The molecular weight excluding hydrogens is 913 g/mol. The number of rotatable bonds is 3. The van der Waals surface area contributed by atoms with Gasteiger partial charge in [-0.25, -0.2) is 9.78 Å². The van der Waals surface area contributed by atoms with Crippen LogP contribution in [0.15, 0.2) is 18.3 Å². The number of likely N-dealkylation sites (tertiary alicyclic amines) is 1. The molecule has 3 heterocycles. The summed E-state index contributed by atoms with van der Waals surface area (Å²) in [6.07, 6.45) is 70.7. The van der Waals surface area contributed by atoms with Crippen LogP contribution in [0.5, 0.6) is 0 Å². The van der Waals surface area contributed by atoms with Gasteiger partial charge < -0.3 is 20.0 Å². The highest BCUT2D eigenvalue weighted by molar-refractivity contribution is 5.85. The summed E-state index contributed by atoms with van der Waals surface area (Å²) in [5, 5.41) is 22.0. The van der Waals surface area contributed by atoms with E-state index in [1.54, 1.807) is 6.20 Å². The Balaban J connectivity index is 1.20. The molecule has 1 aromatic rings. The fourth-order valence-electron chi connectivity index (χ4n) is 13.2. The quantitative estimate of drug-likeness (QED) is 0.279. The Morgan fingerprint density at radius 2 is 0.757 bits per heavy atom. The molecule has 3 aliphatic rings. The van der Waals surface area contributed by atoms with E-state index in [0.29, 0.717) is 11.6 Å². The van der Waals surface area contributed by atoms with Crippen molar-refractivity contribution in [3.05, 3.63) is 18.3 Å². The summed E-state index contributed by atoms with van der Waals surface area (Å²) in [5.74, 6) is 1.23. The van der Waals surface area contributed by atoms with Crippen LogP contribution < -0.4 is 10.2 Å². The molecule has 8 nitrogen and oxygen atoms in total. The molecule has 1 atom stereocenters. The highest BCUT2D eigenvalue weighted by Crippen LogP contribution is 2.43. The van der Waals surface area contributed by atoms with Crippen LogP contribution in [0, 0.1) is 5.41 Å². The van der Waals surface area contributed by atoms with E-state index in [1.165, 1.54) is 283 Å². The lowest BCUT2D eigenvalue weighted by Gasteiger charge is -2.36. The van der Waals surface area contributed by atoms with Gasteiger partial charge in [-0.2, -0.15) is 0 Å². The maximum absolute atomic E-state index is 14.7. The zero-order chi connectivity index (χ0) is 52.3. The van der Waals surface area contributed by atoms with Gasteiger partial charge in [0.15, 0.2) is 0 Å². The van der Waals surface area contributed by atoms with Crippen LogP contribution in [0.3, 0.4) is 0 Å². The maximum atomic E-state index is 14.7. The number of aliphatic hydroxyl groups is 1. The number of carbonyl (C=O) groups is 2. The second kappa shape index (κ2) is 43.6. The molecule has 428 valence electrons. The molecule has 2 saturated heterocycles. The van der Waals surface area contributed by atoms with Crippen LogP contribution in [-0.4, -0.2) is 63.9 Å². The fourth-order valence-corrected chi connectivity index (χ4v) is 13.2. The van der Waals surface area contributed by atoms with Crippen LogP contribution >= 0.6 is 0 Å². The first-order chi connectivity index (χ1) is 36.5. The Hall–Kier alpha value is -2.35. The SMILES string of the molecule is O=C(O)Nc1ccc(N2CCCCCCCCCCCCCCCCCCCCCCCCCCCCCCCCCCCCCCCCCCCCCCCCC3(CC2)CCN(C2CCC(O)CC2)C3=O)nc1. The molecular formula is C66H120N4O4. The van der Waals surface area contributed by atoms with Gasteiger partial charge in [-0.05, 0) is 63.5 Å². The topological polar surface area (TPSA) is 106 Å². The van der Waals surface area contributed by atoms with E-state index in [0.717, 1.165) is 83.2 Å². The summed E-state index contributed by atoms with van der Waals surface area (Å²) in [4.78, 5) is 35.4. The van der Waals surface area contributed by atoms with Gasteiger partial charge in [0.1, 0.15) is 5.82 Å². The predicted octanol–water partition coefficient (Wildman–Crippen LogP) is 20.2. The predicted molar refractivity (Wildman–Crippen MR) is 317 cm³/mol. The average molecular weight is 1030 g/mol. The first-order valence-corrected chi connectivity index (χ1v) is 33.2. The van der Waals surface area contributed by atoms with Crippen LogP contribution in [-0.2, 0) is 4.79 Å². The molecule has 1 saturated carbocycles. The third kappa shape index (κ3) is 30.6. The van der Waals surface area contributed by atoms with Crippen molar-refractivity contribution < 1.29 is 19.8 Å². The zero-order valence-corrected chi connectivity index (χ0v) is 48.5. The zero-order valence-electron chi connectivity index (χ0n) is 48.5. The van der Waals surface area contributed by atoms with Crippen molar-refractivity contribution in [1.82, 2.24) is 9.88 Å². The average Bonchev–Trinajstić information content (AvgIpc) is 3.72. The Bertz CT molecular complexity index is 1470. The minimum atomic E-state index is -1.08. The van der Waals surface area contributed by atoms with Crippen LogP contribution in [0.1, 0.15) is 340 Å². The molecule has 1 spiro atoms. The molecule has 8 heteroatoms. The molecule has 0 radical (unpaired) electrons. The molecule has 1 unspecified atom stereocenters. The van der Waals surface area contributed by atoms with Crippen molar-refractivity contribution in [3.63, 3.8) is 0 Å². The molecule has 74 heavy (non-hydrogen) atoms. The normalized spacial score (nSPS) is 26.5. The Kier molecular flexibility index (Phi) is 37.8. The number of hydrogen-bond donors (Lipinski definition) is 3. The lowest BCUT2D eigenvalue weighted by atomic mass is 9.77. The van der Waals surface area contributed by atoms with Crippen molar-refractivity contribution >= 4 is 23.5 Å². The Morgan fingerprint density at radius 3 is 1.08 bits per heavy atom. The van der Waals surface area contributed by atoms with E-state index in [9.17, 15) is 19.8 Å². The third-order valence-corrected chi connectivity index (χ3v) is 18.2. The molecule has 1 aromatic heterocycles. The summed E-state index contributed by atoms with van der Waals surface area (Å²) < 4.78 is 0. The second-order valence-electron chi connectivity index (χ2n) is 24.6. The number of aliphatic hydroxyl groups excluding tert-OH is 1. The molecule has 2 amide bonds. The first kappa shape index (κ1) is 64.2. The lowest BCUT2D eigenvalue weighted by Crippen LogP contribution is -2.44. The van der Waals surface area contributed by atoms with Gasteiger partial charge in [0.25, 0.3) is 0 Å². The summed E-state index contributed by atoms with van der Waals surface area (Å²) in [6.45, 7) is 2.52. The third-order valence-electron chi connectivity index (χ3n) is 18.2. The summed E-state index contributed by atoms with van der Waals surface area (Å²) >= 11 is 0. The molecule has 0 aromatic carbocycles. The smallest absolute Gasteiger partial charge is 0.409 e. The standard InChI is InChI=1S/C66H120N4O4/c71-62-50-48-61(49-51-62)70-58-55-66(64(70)72)53-45-43-41-39-37-35-33-31-29-27-25-23-21-19-17-15-13-11-9-7-5-3-1-2-4-6-8-10-12-14-16-18-20-22-24-26-28-30-32-34-36-38-40-42-44-46-56-69(57-54-66)63-52-47-60(59-67-63)68-65(73)74/h47,52,59,61-62,68,71H,1-46,48-51,53-58H2,(H,73,74). The highest BCUT2D eigenvalue weighted by atomic mass is 16.4. The molecule has 1 aliphatic carbocycles. The van der Waals surface area contributed by atoms with Gasteiger partial charge in [-0.15, -0.1) is 0 Å². The number of hydrogen-bond acceptors (Lipinski definition) is 5. The fraction of sp³-hybridized carbons (Fsp3) is 0.894. The largest absolute Gasteiger partial charge is 0.465 e. The summed E-state index contributed by atoms with van der Waals surface area (Å²) in [6, 6.07) is 4.03. The van der Waals surface area contributed by atoms with Crippen molar-refractivity contribution in [3.8, 4) is 0 Å². The van der Waals surface area contributed by atoms with E-state index in [2.05, 4.69) is 15.1 Å². The minimum Gasteiger partial charge on any atom is -0.465 e. The second-order valence-corrected chi connectivity index (χ2v) is 24.6. The summed E-state index contributed by atoms with van der Waals surface area (Å²) in [5.41, 5.74) is 0.133. The van der Waals surface area contributed by atoms with Gasteiger partial charge in [0.2, 0.25) is 5.91 Å². The van der Waals surface area contributed by atoms with Crippen molar-refractivity contribution in [2.75, 3.05) is 29.9 Å². The molecule has 3 N–H and O–H groups in total. The minimum absolute atomic E-state index is 0.222. The Morgan fingerprint density at radius 1 is 0.432 bits per heavy atom. The van der Waals surface area contributed by atoms with Gasteiger partial charge in [0.05, 0.1) is 23.4 Å². The van der Waals surface area contributed by atoms with Crippen molar-refractivity contribution in [1.29, 1.82) is 0 Å². The van der Waals surface area contributed by atoms with Crippen LogP contribution in [0.2, 0.25) is 0 Å². The number of carboxylic acid groups (broad SMARTS) is 1. The number of carbonyl (C=O) groups excluding carboxylic acids is 1. The van der Waals surface area contributed by atoms with E-state index in [-0.39, 0.29) is 17.6 Å². The Labute approximate surface area is 457 Å². The van der Waals surface area contributed by atoms with Crippen LogP contribution in [0.4, 0.5) is 16.3 Å². The number of nitrogens with one attached hydrogen (secondary N) is 1. The van der Waals surface area contributed by atoms with Crippen molar-refractivity contribution in [2.45, 2.75) is 352 Å². The number of aromatic nitrogens is 1. The van der Waals surface area contributed by atoms with E-state index < -0.39 is 6.09 Å². The number of anilines is 2. The number of amides is 2. The van der Waals surface area contributed by atoms with Gasteiger partial charge in [-0.3, -0.25) is 10.1 Å². The molecule has 0 bridgehead atoms. The lowest BCUT2D eigenvalue weighted by molar-refractivity contribution is -0.139. The highest BCUT2D eigenvalue weighted by Gasteiger charge is 2.48. The van der Waals surface area contributed by atoms with Gasteiger partial charge >= 0.3 is 6.09 Å².